The second-order valence-electron chi connectivity index (χ2n) is 3.61. The third kappa shape index (κ3) is 2.15. The highest BCUT2D eigenvalue weighted by molar-refractivity contribution is 5.45. The molecule has 0 aromatic carbocycles. The summed E-state index contributed by atoms with van der Waals surface area (Å²) >= 11 is 0. The zero-order chi connectivity index (χ0) is 11.5. The van der Waals surface area contributed by atoms with Gasteiger partial charge in [0.05, 0.1) is 12.8 Å². The Labute approximate surface area is 97.2 Å². The molecular formula is C10H11N5O2. The van der Waals surface area contributed by atoms with Crippen LogP contribution in [-0.4, -0.2) is 39.8 Å². The van der Waals surface area contributed by atoms with Crippen LogP contribution >= 0.6 is 0 Å². The van der Waals surface area contributed by atoms with E-state index in [4.69, 9.17) is 9.26 Å². The van der Waals surface area contributed by atoms with Gasteiger partial charge >= 0.3 is 0 Å². The third-order valence-electron chi connectivity index (χ3n) is 2.44. The van der Waals surface area contributed by atoms with Crippen molar-refractivity contribution in [3.63, 3.8) is 0 Å². The molecule has 1 N–H and O–H groups in total. The normalized spacial score (nSPS) is 20.4. The van der Waals surface area contributed by atoms with Gasteiger partial charge in [-0.25, -0.2) is 4.98 Å². The summed E-state index contributed by atoms with van der Waals surface area (Å²) in [6.07, 6.45) is 4.60. The van der Waals surface area contributed by atoms with Gasteiger partial charge in [-0.05, 0) is 0 Å². The molecule has 1 fully saturated rings. The predicted octanol–water partition coefficient (Wildman–Crippen LogP) is 0.187. The van der Waals surface area contributed by atoms with E-state index in [1.807, 2.05) is 0 Å². The van der Waals surface area contributed by atoms with Gasteiger partial charge in [0.2, 0.25) is 5.82 Å². The molecule has 7 nitrogen and oxygen atoms in total. The van der Waals surface area contributed by atoms with Gasteiger partial charge in [0.25, 0.3) is 5.89 Å². The molecule has 1 atom stereocenters. The smallest absolute Gasteiger partial charge is 0.257 e. The summed E-state index contributed by atoms with van der Waals surface area (Å²) in [5.74, 6) is 0.903. The number of nitrogens with one attached hydrogen (secondary N) is 1. The molecule has 1 aliphatic heterocycles. The molecule has 0 bridgehead atoms. The molecule has 2 aromatic heterocycles. The number of aromatic nitrogens is 4. The first kappa shape index (κ1) is 10.3. The summed E-state index contributed by atoms with van der Waals surface area (Å²) in [5, 5.41) is 7.07. The molecule has 1 aliphatic rings. The minimum atomic E-state index is -0.179. The fourth-order valence-corrected chi connectivity index (χ4v) is 1.61. The average molecular weight is 233 g/mol. The molecular weight excluding hydrogens is 222 g/mol. The van der Waals surface area contributed by atoms with Crippen LogP contribution < -0.4 is 5.32 Å². The van der Waals surface area contributed by atoms with Crippen molar-refractivity contribution < 1.29 is 9.26 Å². The zero-order valence-corrected chi connectivity index (χ0v) is 9.04. The Hall–Kier alpha value is -1.86. The van der Waals surface area contributed by atoms with E-state index < -0.39 is 0 Å². The van der Waals surface area contributed by atoms with Gasteiger partial charge in [-0.1, -0.05) is 5.16 Å². The van der Waals surface area contributed by atoms with Crippen LogP contribution in [0.3, 0.4) is 0 Å². The molecule has 88 valence electrons. The van der Waals surface area contributed by atoms with E-state index >= 15 is 0 Å². The number of rotatable bonds is 2. The molecule has 2 aromatic rings. The zero-order valence-electron chi connectivity index (χ0n) is 9.04. The van der Waals surface area contributed by atoms with Crippen LogP contribution in [0.15, 0.2) is 23.1 Å². The second kappa shape index (κ2) is 4.56. The van der Waals surface area contributed by atoms with Gasteiger partial charge in [-0.2, -0.15) is 4.98 Å². The Morgan fingerprint density at radius 2 is 2.35 bits per heavy atom. The lowest BCUT2D eigenvalue weighted by Crippen LogP contribution is -2.33. The first-order chi connectivity index (χ1) is 8.43. The third-order valence-corrected chi connectivity index (χ3v) is 2.44. The van der Waals surface area contributed by atoms with E-state index in [1.165, 1.54) is 0 Å². The van der Waals surface area contributed by atoms with E-state index in [0.29, 0.717) is 30.6 Å². The lowest BCUT2D eigenvalue weighted by Gasteiger charge is -2.19. The lowest BCUT2D eigenvalue weighted by molar-refractivity contribution is 0.00755. The molecule has 0 saturated carbocycles. The summed E-state index contributed by atoms with van der Waals surface area (Å²) in [6.45, 7) is 2.18. The Kier molecular flexibility index (Phi) is 2.76. The van der Waals surface area contributed by atoms with Gasteiger partial charge < -0.3 is 14.6 Å². The van der Waals surface area contributed by atoms with Crippen LogP contribution in [0.25, 0.3) is 11.5 Å². The van der Waals surface area contributed by atoms with Gasteiger partial charge in [-0.3, -0.25) is 4.98 Å². The van der Waals surface area contributed by atoms with Gasteiger partial charge in [-0.15, -0.1) is 0 Å². The van der Waals surface area contributed by atoms with Crippen molar-refractivity contribution in [3.8, 4) is 11.5 Å². The summed E-state index contributed by atoms with van der Waals surface area (Å²) in [6, 6.07) is 0. The molecule has 0 aliphatic carbocycles. The van der Waals surface area contributed by atoms with Crippen LogP contribution in [-0.2, 0) is 4.74 Å². The number of nitrogens with zero attached hydrogens (tertiary/aromatic N) is 4. The van der Waals surface area contributed by atoms with E-state index in [0.717, 1.165) is 6.54 Å². The molecule has 3 rings (SSSR count). The lowest BCUT2D eigenvalue weighted by atomic mass is 10.3. The predicted molar refractivity (Wildman–Crippen MR) is 56.9 cm³/mol. The summed E-state index contributed by atoms with van der Waals surface area (Å²) in [4.78, 5) is 12.3. The van der Waals surface area contributed by atoms with Crippen LogP contribution in [0.1, 0.15) is 12.0 Å². The highest BCUT2D eigenvalue weighted by Crippen LogP contribution is 2.19. The first-order valence-corrected chi connectivity index (χ1v) is 5.36. The van der Waals surface area contributed by atoms with Gasteiger partial charge in [0.1, 0.15) is 11.8 Å². The Morgan fingerprint density at radius 1 is 1.35 bits per heavy atom. The molecule has 17 heavy (non-hydrogen) atoms. The SMILES string of the molecule is c1cnc(-c2noc(C3CNCCO3)n2)cn1. The minimum absolute atomic E-state index is 0.179. The Balaban J connectivity index is 1.83. The average Bonchev–Trinajstić information content (AvgIpc) is 2.90. The van der Waals surface area contributed by atoms with Crippen molar-refractivity contribution in [2.75, 3.05) is 19.7 Å². The van der Waals surface area contributed by atoms with E-state index in [9.17, 15) is 0 Å². The summed E-state index contributed by atoms with van der Waals surface area (Å²) in [5.41, 5.74) is 0.589. The van der Waals surface area contributed by atoms with Crippen molar-refractivity contribution >= 4 is 0 Å². The maximum atomic E-state index is 5.52. The molecule has 3 heterocycles. The van der Waals surface area contributed by atoms with Gasteiger partial charge in [0, 0.05) is 25.5 Å². The highest BCUT2D eigenvalue weighted by Gasteiger charge is 2.22. The van der Waals surface area contributed by atoms with Crippen molar-refractivity contribution in [3.05, 3.63) is 24.5 Å². The van der Waals surface area contributed by atoms with E-state index in [2.05, 4.69) is 25.4 Å². The molecule has 1 saturated heterocycles. The monoisotopic (exact) mass is 233 g/mol. The Morgan fingerprint density at radius 3 is 3.12 bits per heavy atom. The largest absolute Gasteiger partial charge is 0.366 e. The van der Waals surface area contributed by atoms with Gasteiger partial charge in [0.15, 0.2) is 0 Å². The van der Waals surface area contributed by atoms with E-state index in [-0.39, 0.29) is 6.10 Å². The quantitative estimate of drug-likeness (QED) is 0.792. The second-order valence-corrected chi connectivity index (χ2v) is 3.61. The van der Waals surface area contributed by atoms with Crippen LogP contribution in [0.2, 0.25) is 0 Å². The summed E-state index contributed by atoms with van der Waals surface area (Å²) < 4.78 is 10.7. The Bertz CT molecular complexity index is 480. The fourth-order valence-electron chi connectivity index (χ4n) is 1.61. The van der Waals surface area contributed by atoms with Crippen molar-refractivity contribution in [1.82, 2.24) is 25.4 Å². The number of hydrogen-bond donors (Lipinski definition) is 1. The van der Waals surface area contributed by atoms with Crippen molar-refractivity contribution in [2.45, 2.75) is 6.10 Å². The molecule has 0 amide bonds. The van der Waals surface area contributed by atoms with E-state index in [1.54, 1.807) is 18.6 Å². The standard InChI is InChI=1S/C10H11N5O2/c1-2-13-7(5-11-1)9-14-10(17-15-9)8-6-12-3-4-16-8/h1-2,5,8,12H,3-4,6H2. The minimum Gasteiger partial charge on any atom is -0.366 e. The van der Waals surface area contributed by atoms with Crippen LogP contribution in [0, 0.1) is 0 Å². The topological polar surface area (TPSA) is 86.0 Å². The molecule has 0 spiro atoms. The van der Waals surface area contributed by atoms with Crippen LogP contribution in [0.5, 0.6) is 0 Å². The maximum absolute atomic E-state index is 5.52. The van der Waals surface area contributed by atoms with Crippen molar-refractivity contribution in [2.24, 2.45) is 0 Å². The first-order valence-electron chi connectivity index (χ1n) is 5.36. The molecule has 1 unspecified atom stereocenters. The van der Waals surface area contributed by atoms with Crippen LogP contribution in [0.4, 0.5) is 0 Å². The molecule has 7 heteroatoms. The van der Waals surface area contributed by atoms with Crippen molar-refractivity contribution in [1.29, 1.82) is 0 Å². The number of ether oxygens (including phenoxy) is 1. The fraction of sp³-hybridized carbons (Fsp3) is 0.400. The number of morpholine rings is 1. The summed E-state index contributed by atoms with van der Waals surface area (Å²) in [7, 11) is 0. The highest BCUT2D eigenvalue weighted by atomic mass is 16.5. The molecule has 0 radical (unpaired) electrons. The number of hydrogen-bond acceptors (Lipinski definition) is 7. The maximum Gasteiger partial charge on any atom is 0.257 e.